The number of carbonyl (C=O) groups excluding carboxylic acids is 2. The van der Waals surface area contributed by atoms with E-state index in [4.69, 9.17) is 0 Å². The van der Waals surface area contributed by atoms with Crippen LogP contribution in [0.4, 0.5) is 0 Å². The van der Waals surface area contributed by atoms with Crippen LogP contribution in [-0.4, -0.2) is 48.5 Å². The Morgan fingerprint density at radius 1 is 1.06 bits per heavy atom. The summed E-state index contributed by atoms with van der Waals surface area (Å²) >= 11 is -0.205. The third-order valence-electron chi connectivity index (χ3n) is 2.26. The summed E-state index contributed by atoms with van der Waals surface area (Å²) < 4.78 is 0.369. The molecule has 1 heterocycles. The average Bonchev–Trinajstić information content (AvgIpc) is 2.29. The molecule has 0 fully saturated rings. The minimum atomic E-state index is -1.07. The zero-order valence-corrected chi connectivity index (χ0v) is 15.0. The van der Waals surface area contributed by atoms with Crippen molar-refractivity contribution in [2.75, 3.05) is 11.5 Å². The second kappa shape index (κ2) is 6.93. The van der Waals surface area contributed by atoms with Crippen LogP contribution in [0.25, 0.3) is 0 Å². The standard InChI is InChI=1S/C13H18O2SSe2/c1-10(2)12(14)17-16(8-6-5-7-9-16)18-13(15)11(3)4/h5-6H,1,3,7-9H2,2,4H3. The van der Waals surface area contributed by atoms with Gasteiger partial charge in [-0.2, -0.15) is 0 Å². The first-order chi connectivity index (χ1) is 8.36. The molecule has 1 aliphatic heterocycles. The fourth-order valence-corrected chi connectivity index (χ4v) is 18.3. The SMILES string of the molecule is C=C(C)C(=O)[Se]S1([Se]C(=O)C(=C)C)CC=CCC1. The molecule has 0 unspecified atom stereocenters. The van der Waals surface area contributed by atoms with Crippen molar-refractivity contribution < 1.29 is 9.59 Å². The van der Waals surface area contributed by atoms with Gasteiger partial charge < -0.3 is 0 Å². The summed E-state index contributed by atoms with van der Waals surface area (Å²) in [7, 11) is 0. The summed E-state index contributed by atoms with van der Waals surface area (Å²) in [4.78, 5) is 23.9. The number of hydrogen-bond donors (Lipinski definition) is 0. The van der Waals surface area contributed by atoms with Gasteiger partial charge in [-0.25, -0.2) is 0 Å². The van der Waals surface area contributed by atoms with Crippen molar-refractivity contribution in [2.45, 2.75) is 20.3 Å². The topological polar surface area (TPSA) is 34.1 Å². The van der Waals surface area contributed by atoms with Crippen molar-refractivity contribution >= 4 is 43.9 Å². The van der Waals surface area contributed by atoms with E-state index in [1.165, 1.54) is 0 Å². The Bertz CT molecular complexity index is 399. The molecule has 2 nitrogen and oxygen atoms in total. The van der Waals surface area contributed by atoms with E-state index in [-0.39, 0.29) is 37.0 Å². The first-order valence-electron chi connectivity index (χ1n) is 5.58. The molecule has 0 bridgehead atoms. The summed E-state index contributed by atoms with van der Waals surface area (Å²) in [6.45, 7) is 9.93. The van der Waals surface area contributed by atoms with E-state index in [1.807, 2.05) is 0 Å². The van der Waals surface area contributed by atoms with Gasteiger partial charge in [0.25, 0.3) is 0 Å². The van der Waals surface area contributed by atoms with Crippen LogP contribution < -0.4 is 0 Å². The molecule has 0 N–H and O–H groups in total. The molecule has 0 amide bonds. The van der Waals surface area contributed by atoms with Gasteiger partial charge in [0, 0.05) is 0 Å². The molecule has 0 spiro atoms. The van der Waals surface area contributed by atoms with Gasteiger partial charge in [0.2, 0.25) is 0 Å². The van der Waals surface area contributed by atoms with E-state index in [0.29, 0.717) is 11.1 Å². The van der Waals surface area contributed by atoms with Gasteiger partial charge in [-0.15, -0.1) is 0 Å². The van der Waals surface area contributed by atoms with Gasteiger partial charge >= 0.3 is 122 Å². The van der Waals surface area contributed by atoms with Gasteiger partial charge in [-0.3, -0.25) is 0 Å². The van der Waals surface area contributed by atoms with Crippen LogP contribution in [0.1, 0.15) is 20.3 Å². The van der Waals surface area contributed by atoms with Crippen LogP contribution >= 0.6 is 6.86 Å². The molecule has 0 aliphatic carbocycles. The molecule has 18 heavy (non-hydrogen) atoms. The number of allylic oxidation sites excluding steroid dienone is 3. The first-order valence-corrected chi connectivity index (χ1v) is 13.3. The Kier molecular flexibility index (Phi) is 6.16. The van der Waals surface area contributed by atoms with Crippen molar-refractivity contribution in [2.24, 2.45) is 0 Å². The molecule has 0 saturated heterocycles. The van der Waals surface area contributed by atoms with Crippen LogP contribution in [0.3, 0.4) is 0 Å². The van der Waals surface area contributed by atoms with Gasteiger partial charge in [0.1, 0.15) is 0 Å². The second-order valence-electron chi connectivity index (χ2n) is 4.18. The van der Waals surface area contributed by atoms with E-state index >= 15 is 0 Å². The summed E-state index contributed by atoms with van der Waals surface area (Å²) in [5.74, 6) is 1.96. The van der Waals surface area contributed by atoms with Crippen molar-refractivity contribution in [1.29, 1.82) is 0 Å². The maximum atomic E-state index is 12.0. The zero-order valence-electron chi connectivity index (χ0n) is 10.7. The average molecular weight is 396 g/mol. The molecule has 0 aromatic heterocycles. The summed E-state index contributed by atoms with van der Waals surface area (Å²) in [5, 5.41) is 0. The van der Waals surface area contributed by atoms with Gasteiger partial charge in [-0.05, 0) is 0 Å². The maximum absolute atomic E-state index is 12.0. The van der Waals surface area contributed by atoms with Gasteiger partial charge in [0.05, 0.1) is 0 Å². The molecular weight excluding hydrogens is 378 g/mol. The first kappa shape index (κ1) is 16.0. The van der Waals surface area contributed by atoms with Crippen molar-refractivity contribution in [3.63, 3.8) is 0 Å². The predicted molar refractivity (Wildman–Crippen MR) is 82.2 cm³/mol. The van der Waals surface area contributed by atoms with Crippen molar-refractivity contribution in [3.8, 4) is 0 Å². The Labute approximate surface area is 121 Å². The Hall–Kier alpha value is -0.0510. The predicted octanol–water partition coefficient (Wildman–Crippen LogP) is 2.19. The quantitative estimate of drug-likeness (QED) is 0.392. The van der Waals surface area contributed by atoms with E-state index in [1.54, 1.807) is 13.8 Å². The van der Waals surface area contributed by atoms with Gasteiger partial charge in [0.15, 0.2) is 0 Å². The molecule has 0 aromatic carbocycles. The summed E-state index contributed by atoms with van der Waals surface area (Å²) in [6, 6.07) is 0. The van der Waals surface area contributed by atoms with Crippen molar-refractivity contribution in [3.05, 3.63) is 36.5 Å². The normalized spacial score (nSPS) is 19.0. The molecule has 0 atom stereocenters. The number of carbonyl (C=O) groups is 2. The molecule has 100 valence electrons. The Balaban J connectivity index is 2.85. The molecule has 0 aromatic rings. The molecule has 0 saturated carbocycles. The van der Waals surface area contributed by atoms with E-state index in [2.05, 4.69) is 25.3 Å². The third kappa shape index (κ3) is 4.56. The van der Waals surface area contributed by atoms with Crippen LogP contribution in [0.2, 0.25) is 0 Å². The molecule has 1 rings (SSSR count). The van der Waals surface area contributed by atoms with Crippen molar-refractivity contribution in [1.82, 2.24) is 0 Å². The van der Waals surface area contributed by atoms with E-state index in [9.17, 15) is 9.59 Å². The monoisotopic (exact) mass is 398 g/mol. The molecule has 0 radical (unpaired) electrons. The molecule has 5 heteroatoms. The third-order valence-corrected chi connectivity index (χ3v) is 20.2. The second-order valence-corrected chi connectivity index (χ2v) is 21.6. The Morgan fingerprint density at radius 2 is 1.56 bits per heavy atom. The summed E-state index contributed by atoms with van der Waals surface area (Å²) in [5.41, 5.74) is 1.27. The summed E-state index contributed by atoms with van der Waals surface area (Å²) in [6.07, 6.45) is 5.32. The minimum absolute atomic E-state index is 0.102. The van der Waals surface area contributed by atoms with E-state index < -0.39 is 6.86 Å². The number of hydrogen-bond acceptors (Lipinski definition) is 2. The molecular formula is C13H18O2SSe2. The Morgan fingerprint density at radius 3 is 1.89 bits per heavy atom. The van der Waals surface area contributed by atoms with Crippen LogP contribution in [0.15, 0.2) is 36.5 Å². The number of rotatable bonds is 6. The fraction of sp³-hybridized carbons (Fsp3) is 0.385. The van der Waals surface area contributed by atoms with Crippen LogP contribution in [0, 0.1) is 0 Å². The molecule has 1 aliphatic rings. The van der Waals surface area contributed by atoms with Crippen LogP contribution in [-0.2, 0) is 9.59 Å². The van der Waals surface area contributed by atoms with Crippen LogP contribution in [0.5, 0.6) is 0 Å². The fourth-order valence-electron chi connectivity index (χ4n) is 1.25. The zero-order chi connectivity index (χ0) is 13.8. The van der Waals surface area contributed by atoms with E-state index in [0.717, 1.165) is 17.9 Å². The van der Waals surface area contributed by atoms with Gasteiger partial charge in [-0.1, -0.05) is 0 Å².